The summed E-state index contributed by atoms with van der Waals surface area (Å²) in [5, 5.41) is 0. The van der Waals surface area contributed by atoms with Crippen LogP contribution in [0.15, 0.2) is 22.7 Å². The minimum absolute atomic E-state index is 0.604. The molecular formula is C15H25BrN2O. The number of rotatable bonds is 8. The van der Waals surface area contributed by atoms with Crippen molar-refractivity contribution in [2.24, 2.45) is 11.7 Å². The summed E-state index contributed by atoms with van der Waals surface area (Å²) in [4.78, 5) is 2.36. The Morgan fingerprint density at radius 1 is 1.42 bits per heavy atom. The summed E-state index contributed by atoms with van der Waals surface area (Å²) in [5.41, 5.74) is 7.06. The molecule has 0 aliphatic rings. The van der Waals surface area contributed by atoms with E-state index in [9.17, 15) is 0 Å². The lowest BCUT2D eigenvalue weighted by Crippen LogP contribution is -2.31. The predicted octanol–water partition coefficient (Wildman–Crippen LogP) is 2.92. The first-order valence-corrected chi connectivity index (χ1v) is 7.61. The van der Waals surface area contributed by atoms with Crippen molar-refractivity contribution in [1.29, 1.82) is 0 Å². The monoisotopic (exact) mass is 328 g/mol. The Hall–Kier alpha value is -0.580. The van der Waals surface area contributed by atoms with E-state index < -0.39 is 0 Å². The third kappa shape index (κ3) is 5.51. The number of benzene rings is 1. The molecule has 1 aromatic rings. The van der Waals surface area contributed by atoms with Gasteiger partial charge in [0.1, 0.15) is 5.75 Å². The maximum absolute atomic E-state index is 5.74. The van der Waals surface area contributed by atoms with E-state index in [4.69, 9.17) is 10.5 Å². The van der Waals surface area contributed by atoms with Gasteiger partial charge in [-0.25, -0.2) is 0 Å². The van der Waals surface area contributed by atoms with Crippen molar-refractivity contribution in [2.75, 3.05) is 33.8 Å². The number of ether oxygens (including phenoxy) is 1. The van der Waals surface area contributed by atoms with Crippen molar-refractivity contribution < 1.29 is 4.74 Å². The summed E-state index contributed by atoms with van der Waals surface area (Å²) < 4.78 is 6.25. The molecule has 0 bridgehead atoms. The summed E-state index contributed by atoms with van der Waals surface area (Å²) in [5.74, 6) is 1.49. The van der Waals surface area contributed by atoms with E-state index in [0.717, 1.165) is 42.7 Å². The number of likely N-dealkylation sites (N-methyl/N-ethyl adjacent to an activating group) is 1. The molecule has 1 unspecified atom stereocenters. The molecule has 19 heavy (non-hydrogen) atoms. The van der Waals surface area contributed by atoms with Gasteiger partial charge in [0, 0.05) is 13.1 Å². The summed E-state index contributed by atoms with van der Waals surface area (Å²) in [6.45, 7) is 5.10. The molecule has 4 heteroatoms. The number of nitrogens with zero attached hydrogens (tertiary/aromatic N) is 1. The van der Waals surface area contributed by atoms with Gasteiger partial charge in [-0.3, -0.25) is 0 Å². The van der Waals surface area contributed by atoms with Gasteiger partial charge >= 0.3 is 0 Å². The fourth-order valence-electron chi connectivity index (χ4n) is 2.09. The van der Waals surface area contributed by atoms with Gasteiger partial charge < -0.3 is 15.4 Å². The largest absolute Gasteiger partial charge is 0.496 e. The van der Waals surface area contributed by atoms with Crippen molar-refractivity contribution >= 4 is 15.9 Å². The first-order chi connectivity index (χ1) is 9.10. The van der Waals surface area contributed by atoms with Crippen LogP contribution in [0.3, 0.4) is 0 Å². The van der Waals surface area contributed by atoms with Crippen molar-refractivity contribution in [3.05, 3.63) is 28.2 Å². The number of hydrogen-bond donors (Lipinski definition) is 1. The second-order valence-corrected chi connectivity index (χ2v) is 5.85. The number of hydrogen-bond acceptors (Lipinski definition) is 3. The fourth-order valence-corrected chi connectivity index (χ4v) is 2.68. The third-order valence-electron chi connectivity index (χ3n) is 3.48. The molecule has 0 aromatic heterocycles. The van der Waals surface area contributed by atoms with E-state index in [1.165, 1.54) is 5.56 Å². The molecule has 0 saturated carbocycles. The zero-order valence-corrected chi connectivity index (χ0v) is 13.7. The Bertz CT molecular complexity index is 380. The Labute approximate surface area is 125 Å². The van der Waals surface area contributed by atoms with Gasteiger partial charge in [0.15, 0.2) is 0 Å². The van der Waals surface area contributed by atoms with E-state index in [1.54, 1.807) is 7.11 Å². The maximum atomic E-state index is 5.74. The van der Waals surface area contributed by atoms with E-state index in [2.05, 4.69) is 46.9 Å². The molecule has 0 aliphatic heterocycles. The molecule has 0 saturated heterocycles. The lowest BCUT2D eigenvalue weighted by Gasteiger charge is -2.22. The summed E-state index contributed by atoms with van der Waals surface area (Å²) in [6, 6.07) is 6.26. The van der Waals surface area contributed by atoms with Crippen LogP contribution >= 0.6 is 15.9 Å². The Balaban J connectivity index is 2.45. The fraction of sp³-hybridized carbons (Fsp3) is 0.600. The lowest BCUT2D eigenvalue weighted by molar-refractivity contribution is 0.277. The Morgan fingerprint density at radius 3 is 2.68 bits per heavy atom. The molecule has 0 heterocycles. The average Bonchev–Trinajstić information content (AvgIpc) is 2.42. The van der Waals surface area contributed by atoms with Crippen LogP contribution in [0.2, 0.25) is 0 Å². The molecule has 0 aliphatic carbocycles. The van der Waals surface area contributed by atoms with Crippen LogP contribution in [0.25, 0.3) is 0 Å². The quantitative estimate of drug-likeness (QED) is 0.797. The first kappa shape index (κ1) is 16.5. The van der Waals surface area contributed by atoms with Crippen LogP contribution in [0.4, 0.5) is 0 Å². The first-order valence-electron chi connectivity index (χ1n) is 6.81. The molecule has 0 amide bonds. The Morgan fingerprint density at radius 2 is 2.16 bits per heavy atom. The molecule has 0 spiro atoms. The van der Waals surface area contributed by atoms with Gasteiger partial charge in [-0.05, 0) is 59.6 Å². The zero-order chi connectivity index (χ0) is 14.3. The van der Waals surface area contributed by atoms with Crippen LogP contribution in [0.1, 0.15) is 18.9 Å². The molecule has 1 rings (SSSR count). The standard InChI is InChI=1S/C15H25BrN2O/c1-4-12(10-17)11-18(2)8-7-13-5-6-15(19-3)14(16)9-13/h5-6,9,12H,4,7-8,10-11,17H2,1-3H3. The lowest BCUT2D eigenvalue weighted by atomic mass is 10.1. The van der Waals surface area contributed by atoms with Crippen molar-refractivity contribution in [1.82, 2.24) is 4.90 Å². The minimum atomic E-state index is 0.604. The summed E-state index contributed by atoms with van der Waals surface area (Å²) >= 11 is 3.52. The molecular weight excluding hydrogens is 304 g/mol. The third-order valence-corrected chi connectivity index (χ3v) is 4.10. The molecule has 108 valence electrons. The van der Waals surface area contributed by atoms with Gasteiger partial charge in [0.25, 0.3) is 0 Å². The van der Waals surface area contributed by atoms with E-state index in [0.29, 0.717) is 5.92 Å². The molecule has 3 nitrogen and oxygen atoms in total. The highest BCUT2D eigenvalue weighted by Crippen LogP contribution is 2.25. The van der Waals surface area contributed by atoms with Crippen molar-refractivity contribution in [2.45, 2.75) is 19.8 Å². The van der Waals surface area contributed by atoms with Crippen LogP contribution in [-0.2, 0) is 6.42 Å². The van der Waals surface area contributed by atoms with Gasteiger partial charge in [-0.15, -0.1) is 0 Å². The normalized spacial score (nSPS) is 12.7. The zero-order valence-electron chi connectivity index (χ0n) is 12.2. The molecule has 0 radical (unpaired) electrons. The highest BCUT2D eigenvalue weighted by atomic mass is 79.9. The molecule has 1 aromatic carbocycles. The van der Waals surface area contributed by atoms with Crippen LogP contribution < -0.4 is 10.5 Å². The second kappa shape index (κ2) is 8.56. The van der Waals surface area contributed by atoms with Gasteiger partial charge in [0.2, 0.25) is 0 Å². The highest BCUT2D eigenvalue weighted by molar-refractivity contribution is 9.10. The van der Waals surface area contributed by atoms with Crippen LogP contribution in [0, 0.1) is 5.92 Å². The van der Waals surface area contributed by atoms with Crippen LogP contribution in [-0.4, -0.2) is 38.7 Å². The second-order valence-electron chi connectivity index (χ2n) is 4.99. The van der Waals surface area contributed by atoms with E-state index in [-0.39, 0.29) is 0 Å². The SMILES string of the molecule is CCC(CN)CN(C)CCc1ccc(OC)c(Br)c1. The van der Waals surface area contributed by atoms with Crippen LogP contribution in [0.5, 0.6) is 5.75 Å². The average molecular weight is 329 g/mol. The van der Waals surface area contributed by atoms with Crippen molar-refractivity contribution in [3.8, 4) is 5.75 Å². The van der Waals surface area contributed by atoms with Crippen molar-refractivity contribution in [3.63, 3.8) is 0 Å². The summed E-state index contributed by atoms with van der Waals surface area (Å²) in [7, 11) is 3.85. The van der Waals surface area contributed by atoms with Gasteiger partial charge in [-0.1, -0.05) is 19.4 Å². The van der Waals surface area contributed by atoms with E-state index in [1.807, 2.05) is 6.07 Å². The smallest absolute Gasteiger partial charge is 0.133 e. The summed E-state index contributed by atoms with van der Waals surface area (Å²) in [6.07, 6.45) is 2.19. The van der Waals surface area contributed by atoms with Gasteiger partial charge in [-0.2, -0.15) is 0 Å². The highest BCUT2D eigenvalue weighted by Gasteiger charge is 2.08. The molecule has 2 N–H and O–H groups in total. The predicted molar refractivity (Wildman–Crippen MR) is 84.7 cm³/mol. The number of methoxy groups -OCH3 is 1. The van der Waals surface area contributed by atoms with E-state index >= 15 is 0 Å². The van der Waals surface area contributed by atoms with Gasteiger partial charge in [0.05, 0.1) is 11.6 Å². The molecule has 0 fully saturated rings. The minimum Gasteiger partial charge on any atom is -0.496 e. The number of nitrogens with two attached hydrogens (primary N) is 1. The Kier molecular flexibility index (Phi) is 7.42. The molecule has 1 atom stereocenters. The number of halogens is 1. The maximum Gasteiger partial charge on any atom is 0.133 e. The topological polar surface area (TPSA) is 38.5 Å².